The highest BCUT2D eigenvalue weighted by Crippen LogP contribution is 2.31. The van der Waals surface area contributed by atoms with E-state index in [2.05, 4.69) is 5.10 Å². The van der Waals surface area contributed by atoms with E-state index in [-0.39, 0.29) is 16.9 Å². The Morgan fingerprint density at radius 3 is 2.79 bits per heavy atom. The molecule has 7 heteroatoms. The smallest absolute Gasteiger partial charge is 0.270 e. The molecule has 5 nitrogen and oxygen atoms in total. The Morgan fingerprint density at radius 1 is 1.47 bits per heavy atom. The van der Waals surface area contributed by atoms with Gasteiger partial charge < -0.3 is 0 Å². The van der Waals surface area contributed by atoms with Crippen molar-refractivity contribution in [2.45, 2.75) is 19.9 Å². The minimum Gasteiger partial charge on any atom is -0.272 e. The first kappa shape index (κ1) is 13.1. The molecule has 0 spiro atoms. The lowest BCUT2D eigenvalue weighted by Crippen LogP contribution is -1.94. The molecule has 2 aromatic rings. The van der Waals surface area contributed by atoms with Crippen LogP contribution in [-0.2, 0) is 6.54 Å². The highest BCUT2D eigenvalue weighted by molar-refractivity contribution is 5.65. The van der Waals surface area contributed by atoms with Gasteiger partial charge in [0.2, 0.25) is 0 Å². The van der Waals surface area contributed by atoms with Crippen LogP contribution in [0.5, 0.6) is 0 Å². The van der Waals surface area contributed by atoms with E-state index >= 15 is 0 Å². The summed E-state index contributed by atoms with van der Waals surface area (Å²) in [5.41, 5.74) is 0.0309. The quantitative estimate of drug-likeness (QED) is 0.630. The van der Waals surface area contributed by atoms with Crippen LogP contribution in [0.3, 0.4) is 0 Å². The van der Waals surface area contributed by atoms with Crippen LogP contribution < -0.4 is 0 Å². The monoisotopic (exact) mass is 267 g/mol. The van der Waals surface area contributed by atoms with E-state index in [0.29, 0.717) is 12.1 Å². The number of benzene rings is 1. The molecule has 100 valence electrons. The molecular formula is C12H11F2N3O2. The molecule has 0 atom stereocenters. The molecule has 0 fully saturated rings. The Hall–Kier alpha value is -2.31. The largest absolute Gasteiger partial charge is 0.272 e. The normalized spacial score (nSPS) is 10.9. The van der Waals surface area contributed by atoms with Crippen LogP contribution in [0.1, 0.15) is 18.9 Å². The maximum absolute atomic E-state index is 12.9. The number of non-ortho nitro benzene ring substituents is 1. The summed E-state index contributed by atoms with van der Waals surface area (Å²) in [6, 6.07) is 5.53. The van der Waals surface area contributed by atoms with Gasteiger partial charge in [0.15, 0.2) is 0 Å². The molecule has 0 N–H and O–H groups in total. The van der Waals surface area contributed by atoms with Gasteiger partial charge in [-0.15, -0.1) is 0 Å². The summed E-state index contributed by atoms with van der Waals surface area (Å²) in [7, 11) is 0. The fourth-order valence-electron chi connectivity index (χ4n) is 1.75. The number of hydrogen-bond donors (Lipinski definition) is 0. The standard InChI is InChI=1S/C12H11F2N3O2/c1-2-16-7-10(12(13)14)11(15-16)8-4-3-5-9(6-8)17(18)19/h3-7,12H,2H2,1H3. The van der Waals surface area contributed by atoms with Crippen LogP contribution in [0.15, 0.2) is 30.5 Å². The molecule has 0 unspecified atom stereocenters. The van der Waals surface area contributed by atoms with Gasteiger partial charge in [-0.2, -0.15) is 5.10 Å². The molecule has 1 aromatic heterocycles. The Balaban J connectivity index is 2.54. The molecular weight excluding hydrogens is 256 g/mol. The van der Waals surface area contributed by atoms with Gasteiger partial charge in [0.25, 0.3) is 12.1 Å². The second kappa shape index (κ2) is 5.13. The molecule has 19 heavy (non-hydrogen) atoms. The number of alkyl halides is 2. The van der Waals surface area contributed by atoms with E-state index in [1.165, 1.54) is 35.1 Å². The van der Waals surface area contributed by atoms with E-state index in [4.69, 9.17) is 0 Å². The third kappa shape index (κ3) is 2.59. The average Bonchev–Trinajstić information content (AvgIpc) is 2.83. The summed E-state index contributed by atoms with van der Waals surface area (Å²) in [4.78, 5) is 10.1. The van der Waals surface area contributed by atoms with Crippen molar-refractivity contribution >= 4 is 5.69 Å². The van der Waals surface area contributed by atoms with Crippen molar-refractivity contribution in [2.24, 2.45) is 0 Å². The van der Waals surface area contributed by atoms with E-state index in [1.54, 1.807) is 6.92 Å². The highest BCUT2D eigenvalue weighted by Gasteiger charge is 2.20. The second-order valence-corrected chi connectivity index (χ2v) is 3.90. The lowest BCUT2D eigenvalue weighted by molar-refractivity contribution is -0.384. The molecule has 2 rings (SSSR count). The van der Waals surface area contributed by atoms with Crippen LogP contribution in [-0.4, -0.2) is 14.7 Å². The predicted molar refractivity (Wildman–Crippen MR) is 64.9 cm³/mol. The van der Waals surface area contributed by atoms with Crippen LogP contribution >= 0.6 is 0 Å². The van der Waals surface area contributed by atoms with Crippen molar-refractivity contribution in [3.05, 3.63) is 46.1 Å². The average molecular weight is 267 g/mol. The molecule has 0 aliphatic rings. The summed E-state index contributed by atoms with van der Waals surface area (Å²) >= 11 is 0. The number of aryl methyl sites for hydroxylation is 1. The molecule has 0 aliphatic carbocycles. The SMILES string of the molecule is CCn1cc(C(F)F)c(-c2cccc([N+](=O)[O-])c2)n1. The minimum absolute atomic E-state index is 0.0838. The number of nitro benzene ring substituents is 1. The maximum atomic E-state index is 12.9. The number of aromatic nitrogens is 2. The molecule has 0 saturated carbocycles. The van der Waals surface area contributed by atoms with E-state index in [1.807, 2.05) is 0 Å². The van der Waals surface area contributed by atoms with Gasteiger partial charge in [0.05, 0.1) is 10.5 Å². The number of halogens is 2. The van der Waals surface area contributed by atoms with Gasteiger partial charge in [-0.3, -0.25) is 14.8 Å². The molecule has 0 radical (unpaired) electrons. The van der Waals surface area contributed by atoms with Crippen molar-refractivity contribution in [3.63, 3.8) is 0 Å². The summed E-state index contributed by atoms with van der Waals surface area (Å²) < 4.78 is 27.3. The van der Waals surface area contributed by atoms with Crippen molar-refractivity contribution in [1.82, 2.24) is 9.78 Å². The van der Waals surface area contributed by atoms with Gasteiger partial charge in [0, 0.05) is 30.4 Å². The lowest BCUT2D eigenvalue weighted by atomic mass is 10.1. The zero-order valence-corrected chi connectivity index (χ0v) is 10.1. The van der Waals surface area contributed by atoms with Gasteiger partial charge >= 0.3 is 0 Å². The van der Waals surface area contributed by atoms with Crippen LogP contribution in [0.2, 0.25) is 0 Å². The Bertz CT molecular complexity index is 611. The lowest BCUT2D eigenvalue weighted by Gasteiger charge is -2.01. The summed E-state index contributed by atoms with van der Waals surface area (Å²) in [6.07, 6.45) is -1.41. The van der Waals surface area contributed by atoms with Gasteiger partial charge in [-0.05, 0) is 6.92 Å². The summed E-state index contributed by atoms with van der Waals surface area (Å²) in [5.74, 6) is 0. The van der Waals surface area contributed by atoms with Crippen molar-refractivity contribution in [3.8, 4) is 11.3 Å². The Labute approximate surface area is 107 Å². The summed E-state index contributed by atoms with van der Waals surface area (Å²) in [6.45, 7) is 2.23. The number of hydrogen-bond acceptors (Lipinski definition) is 3. The van der Waals surface area contributed by atoms with Crippen LogP contribution in [0.4, 0.5) is 14.5 Å². The first-order chi connectivity index (χ1) is 9.02. The van der Waals surface area contributed by atoms with Crippen molar-refractivity contribution in [1.29, 1.82) is 0 Å². The number of nitro groups is 1. The van der Waals surface area contributed by atoms with Gasteiger partial charge in [-0.1, -0.05) is 12.1 Å². The second-order valence-electron chi connectivity index (χ2n) is 3.90. The zero-order chi connectivity index (χ0) is 14.0. The zero-order valence-electron chi connectivity index (χ0n) is 10.1. The first-order valence-corrected chi connectivity index (χ1v) is 5.63. The van der Waals surface area contributed by atoms with Gasteiger partial charge in [-0.25, -0.2) is 8.78 Å². The predicted octanol–water partition coefficient (Wildman–Crippen LogP) is 3.42. The van der Waals surface area contributed by atoms with E-state index < -0.39 is 11.3 Å². The highest BCUT2D eigenvalue weighted by atomic mass is 19.3. The molecule has 1 heterocycles. The fraction of sp³-hybridized carbons (Fsp3) is 0.250. The maximum Gasteiger partial charge on any atom is 0.270 e. The van der Waals surface area contributed by atoms with Crippen molar-refractivity contribution in [2.75, 3.05) is 0 Å². The molecule has 0 bridgehead atoms. The molecule has 1 aromatic carbocycles. The Kier molecular flexibility index (Phi) is 3.55. The topological polar surface area (TPSA) is 61.0 Å². The molecule has 0 amide bonds. The minimum atomic E-state index is -2.67. The van der Waals surface area contributed by atoms with Gasteiger partial charge in [0.1, 0.15) is 5.69 Å². The fourth-order valence-corrected chi connectivity index (χ4v) is 1.75. The Morgan fingerprint density at radius 2 is 2.21 bits per heavy atom. The number of rotatable bonds is 4. The summed E-state index contributed by atoms with van der Waals surface area (Å²) in [5, 5.41) is 14.7. The molecule has 0 saturated heterocycles. The molecule has 0 aliphatic heterocycles. The third-order valence-corrected chi connectivity index (χ3v) is 2.68. The van der Waals surface area contributed by atoms with Crippen LogP contribution in [0.25, 0.3) is 11.3 Å². The third-order valence-electron chi connectivity index (χ3n) is 2.68. The number of nitrogens with zero attached hydrogens (tertiary/aromatic N) is 3. The van der Waals surface area contributed by atoms with Crippen molar-refractivity contribution < 1.29 is 13.7 Å². The van der Waals surface area contributed by atoms with E-state index in [9.17, 15) is 18.9 Å². The van der Waals surface area contributed by atoms with Crippen LogP contribution in [0, 0.1) is 10.1 Å². The van der Waals surface area contributed by atoms with E-state index in [0.717, 1.165) is 0 Å². The first-order valence-electron chi connectivity index (χ1n) is 5.63.